The minimum atomic E-state index is -1.14. The number of methoxy groups -OCH3 is 1. The fraction of sp³-hybridized carbons (Fsp3) is 0.320. The zero-order chi connectivity index (χ0) is 25.3. The van der Waals surface area contributed by atoms with Gasteiger partial charge >= 0.3 is 6.03 Å². The van der Waals surface area contributed by atoms with Crippen molar-refractivity contribution in [3.63, 3.8) is 0 Å². The van der Waals surface area contributed by atoms with Gasteiger partial charge in [-0.3, -0.25) is 19.2 Å². The monoisotopic (exact) mass is 496 g/mol. The molecule has 0 unspecified atom stereocenters. The summed E-state index contributed by atoms with van der Waals surface area (Å²) in [6, 6.07) is 1.89. The van der Waals surface area contributed by atoms with Gasteiger partial charge in [-0.1, -0.05) is 23.3 Å². The van der Waals surface area contributed by atoms with Crippen LogP contribution in [-0.4, -0.2) is 46.5 Å². The van der Waals surface area contributed by atoms with Crippen LogP contribution in [0.15, 0.2) is 46.6 Å². The number of nitrogens with zero attached hydrogens (tertiary/aromatic N) is 1. The number of phenolic OH excluding ortho intramolecular Hbond substituents is 1. The molecule has 0 spiro atoms. The van der Waals surface area contributed by atoms with Crippen LogP contribution in [0.2, 0.25) is 5.02 Å². The van der Waals surface area contributed by atoms with Gasteiger partial charge in [-0.05, 0) is 49.5 Å². The van der Waals surface area contributed by atoms with E-state index in [1.54, 1.807) is 13.0 Å². The van der Waals surface area contributed by atoms with Crippen molar-refractivity contribution in [2.24, 2.45) is 23.5 Å². The van der Waals surface area contributed by atoms with Gasteiger partial charge in [-0.15, -0.1) is 0 Å². The molecule has 4 atom stereocenters. The number of nitrogens with two attached hydrogens (primary N) is 1. The largest absolute Gasteiger partial charge is 0.503 e. The number of ether oxygens (including phenoxy) is 1. The Labute approximate surface area is 204 Å². The molecule has 35 heavy (non-hydrogen) atoms. The third-order valence-electron chi connectivity index (χ3n) is 7.39. The second-order valence-corrected chi connectivity index (χ2v) is 9.54. The number of rotatable bonds is 2. The SMILES string of the molecule is COc1cc([C@H]2C3=CC[C@@H]4C(=O)N(C(N)=O)C(=O)[C@@H]4[C@@H]3CC3=C2C(=O)C=C(C)C3=O)cc(Cl)c1O. The molecule has 0 saturated carbocycles. The zero-order valence-corrected chi connectivity index (χ0v) is 19.6. The molecule has 4 amide bonds. The van der Waals surface area contributed by atoms with Crippen molar-refractivity contribution in [1.82, 2.24) is 4.90 Å². The number of benzene rings is 1. The number of allylic oxidation sites excluding steroid dienone is 6. The summed E-state index contributed by atoms with van der Waals surface area (Å²) in [5.41, 5.74) is 7.29. The number of hydrogen-bond acceptors (Lipinski definition) is 7. The summed E-state index contributed by atoms with van der Waals surface area (Å²) in [6.45, 7) is 1.55. The first-order valence-corrected chi connectivity index (χ1v) is 11.4. The summed E-state index contributed by atoms with van der Waals surface area (Å²) in [4.78, 5) is 64.7. The molecule has 0 radical (unpaired) electrons. The second-order valence-electron chi connectivity index (χ2n) is 9.13. The lowest BCUT2D eigenvalue weighted by atomic mass is 9.59. The fourth-order valence-electron chi connectivity index (χ4n) is 5.89. The van der Waals surface area contributed by atoms with Crippen molar-refractivity contribution in [1.29, 1.82) is 0 Å². The lowest BCUT2D eigenvalue weighted by molar-refractivity contribution is -0.136. The van der Waals surface area contributed by atoms with Crippen molar-refractivity contribution in [3.8, 4) is 11.5 Å². The standard InChI is InChI=1S/C25H21ClN2O7/c1-9-5-16(29)20-14(21(9)30)8-13-11(18(20)10-6-15(26)22(31)17(7-10)35-2)3-4-12-19(13)24(33)28(23(12)32)25(27)34/h3,5-7,12-13,18-19,31H,4,8H2,1-2H3,(H2,27,34)/t12-,13+,18-,19-/m0/s1. The van der Waals surface area contributed by atoms with Gasteiger partial charge in [-0.2, -0.15) is 4.90 Å². The number of aromatic hydroxyl groups is 1. The minimum absolute atomic E-state index is 0.00811. The fourth-order valence-corrected chi connectivity index (χ4v) is 6.11. The average molecular weight is 497 g/mol. The molecule has 1 fully saturated rings. The molecule has 1 heterocycles. The maximum absolute atomic E-state index is 13.2. The third-order valence-corrected chi connectivity index (χ3v) is 7.67. The van der Waals surface area contributed by atoms with Gasteiger partial charge in [0.15, 0.2) is 23.1 Å². The van der Waals surface area contributed by atoms with E-state index < -0.39 is 41.5 Å². The number of imide groups is 3. The van der Waals surface area contributed by atoms with Crippen molar-refractivity contribution in [2.45, 2.75) is 25.7 Å². The Morgan fingerprint density at radius 1 is 1.17 bits per heavy atom. The highest BCUT2D eigenvalue weighted by Crippen LogP contribution is 2.55. The van der Waals surface area contributed by atoms with Crippen molar-refractivity contribution in [3.05, 3.63) is 57.2 Å². The molecule has 1 aromatic rings. The molecule has 1 aliphatic heterocycles. The van der Waals surface area contributed by atoms with Crippen LogP contribution in [0, 0.1) is 17.8 Å². The van der Waals surface area contributed by atoms with E-state index in [2.05, 4.69) is 0 Å². The van der Waals surface area contributed by atoms with E-state index in [-0.39, 0.29) is 57.6 Å². The summed E-state index contributed by atoms with van der Waals surface area (Å²) in [7, 11) is 1.36. The van der Waals surface area contributed by atoms with E-state index in [9.17, 15) is 29.1 Å². The van der Waals surface area contributed by atoms with Gasteiger partial charge in [0.25, 0.3) is 0 Å². The van der Waals surface area contributed by atoms with Crippen LogP contribution in [0.5, 0.6) is 11.5 Å². The Morgan fingerprint density at radius 2 is 1.89 bits per heavy atom. The summed E-state index contributed by atoms with van der Waals surface area (Å²) >= 11 is 6.25. The van der Waals surface area contributed by atoms with Crippen LogP contribution >= 0.6 is 11.6 Å². The molecule has 9 nitrogen and oxygen atoms in total. The third kappa shape index (κ3) is 3.18. The number of hydrogen-bond donors (Lipinski definition) is 2. The smallest absolute Gasteiger partial charge is 0.328 e. The molecule has 0 aromatic heterocycles. The number of ketones is 2. The molecule has 3 aliphatic carbocycles. The highest BCUT2D eigenvalue weighted by molar-refractivity contribution is 6.32. The van der Waals surface area contributed by atoms with Crippen LogP contribution in [0.4, 0.5) is 4.79 Å². The van der Waals surface area contributed by atoms with Crippen molar-refractivity contribution < 1.29 is 33.8 Å². The molecular weight excluding hydrogens is 476 g/mol. The normalized spacial score (nSPS) is 27.8. The van der Waals surface area contributed by atoms with Crippen molar-refractivity contribution >= 4 is 41.0 Å². The lowest BCUT2D eigenvalue weighted by Crippen LogP contribution is -2.42. The second kappa shape index (κ2) is 7.91. The highest BCUT2D eigenvalue weighted by atomic mass is 35.5. The summed E-state index contributed by atoms with van der Waals surface area (Å²) in [5, 5.41) is 10.2. The average Bonchev–Trinajstić information content (AvgIpc) is 3.08. The predicted octanol–water partition coefficient (Wildman–Crippen LogP) is 2.56. The van der Waals surface area contributed by atoms with Crippen LogP contribution in [0.25, 0.3) is 0 Å². The number of urea groups is 1. The number of fused-ring (bicyclic) bond motifs is 3. The maximum Gasteiger partial charge on any atom is 0.328 e. The molecule has 1 saturated heterocycles. The summed E-state index contributed by atoms with van der Waals surface area (Å²) in [6.07, 6.45) is 3.33. The number of likely N-dealkylation sites (tertiary alicyclic amines) is 1. The molecule has 180 valence electrons. The molecule has 1 aromatic carbocycles. The Bertz CT molecular complexity index is 1360. The topological polar surface area (TPSA) is 144 Å². The molecular formula is C25H21ClN2O7. The van der Waals surface area contributed by atoms with Crippen molar-refractivity contribution in [2.75, 3.05) is 7.11 Å². The maximum atomic E-state index is 13.2. The van der Waals surface area contributed by atoms with E-state index in [4.69, 9.17) is 22.1 Å². The van der Waals surface area contributed by atoms with Crippen LogP contribution in [0.1, 0.15) is 31.2 Å². The van der Waals surface area contributed by atoms with Gasteiger partial charge in [0.2, 0.25) is 11.8 Å². The van der Waals surface area contributed by atoms with Gasteiger partial charge < -0.3 is 15.6 Å². The Hall–Kier alpha value is -3.72. The van der Waals surface area contributed by atoms with E-state index >= 15 is 0 Å². The van der Waals surface area contributed by atoms with Crippen LogP contribution < -0.4 is 10.5 Å². The Morgan fingerprint density at radius 3 is 2.54 bits per heavy atom. The molecule has 10 heteroatoms. The number of Topliss-reactive ketones (excluding diaryl/α,β-unsaturated/α-hetero) is 1. The van der Waals surface area contributed by atoms with Crippen LogP contribution in [0.3, 0.4) is 0 Å². The minimum Gasteiger partial charge on any atom is -0.503 e. The van der Waals surface area contributed by atoms with E-state index in [0.29, 0.717) is 16.0 Å². The van der Waals surface area contributed by atoms with Gasteiger partial charge in [0, 0.05) is 22.6 Å². The molecule has 4 aliphatic rings. The molecule has 0 bridgehead atoms. The van der Waals surface area contributed by atoms with Gasteiger partial charge in [0.1, 0.15) is 0 Å². The van der Waals surface area contributed by atoms with Gasteiger partial charge in [-0.25, -0.2) is 4.79 Å². The molecule has 3 N–H and O–H groups in total. The lowest BCUT2D eigenvalue weighted by Gasteiger charge is -2.42. The Kier molecular flexibility index (Phi) is 5.21. The first kappa shape index (κ1) is 23.0. The first-order valence-electron chi connectivity index (χ1n) is 11.0. The number of phenols is 1. The number of amides is 4. The number of primary amides is 1. The summed E-state index contributed by atoms with van der Waals surface area (Å²) < 4.78 is 5.24. The first-order chi connectivity index (χ1) is 16.6. The van der Waals surface area contributed by atoms with Crippen LogP contribution in [-0.2, 0) is 19.2 Å². The number of halogens is 1. The quantitative estimate of drug-likeness (QED) is 0.363. The number of carbonyl (C=O) groups excluding carboxylic acids is 5. The highest BCUT2D eigenvalue weighted by Gasteiger charge is 2.57. The van der Waals surface area contributed by atoms with E-state index in [1.807, 2.05) is 0 Å². The molecule has 5 rings (SSSR count). The predicted molar refractivity (Wildman–Crippen MR) is 122 cm³/mol. The Balaban J connectivity index is 1.73. The van der Waals surface area contributed by atoms with E-state index in [0.717, 1.165) is 0 Å². The van der Waals surface area contributed by atoms with Gasteiger partial charge in [0.05, 0.1) is 24.0 Å². The summed E-state index contributed by atoms with van der Waals surface area (Å²) in [5.74, 6) is -5.24. The number of carbonyl (C=O) groups is 5. The van der Waals surface area contributed by atoms with E-state index in [1.165, 1.54) is 25.3 Å². The zero-order valence-electron chi connectivity index (χ0n) is 18.8.